The van der Waals surface area contributed by atoms with Gasteiger partial charge in [0.1, 0.15) is 11.2 Å². The van der Waals surface area contributed by atoms with Crippen molar-refractivity contribution in [3.05, 3.63) is 156 Å². The maximum Gasteiger partial charge on any atom is 0.136 e. The molecule has 0 amide bonds. The molecule has 8 aromatic rings. The smallest absolute Gasteiger partial charge is 0.136 e. The molecule has 4 nitrogen and oxygen atoms in total. The zero-order valence-corrected chi connectivity index (χ0v) is 24.6. The number of nitrogens with one attached hydrogen (secondary N) is 3. The van der Waals surface area contributed by atoms with Crippen LogP contribution in [0.15, 0.2) is 144 Å². The Bertz CT molecular complexity index is 2240. The predicted octanol–water partition coefficient (Wildman–Crippen LogP) is 9.80. The van der Waals surface area contributed by atoms with Crippen molar-refractivity contribution in [1.82, 2.24) is 16.0 Å². The first-order chi connectivity index (χ1) is 21.8. The van der Waals surface area contributed by atoms with Crippen LogP contribution in [0.5, 0.6) is 0 Å². The molecule has 0 radical (unpaired) electrons. The molecule has 0 saturated carbocycles. The standard InChI is InChI=1S/C39H29N3OS/c1-3-10-24(11-4-1)37-40-38(25-12-5-2-6-13-25)42-39(41-37)27-19-21-30-29-20-18-26(22-33(29)43-34(30)23-27)28-15-9-16-32-31-14-7-8-17-35(31)44-36(28)32/h1-23,37-42H. The Morgan fingerprint density at radius 3 is 1.77 bits per heavy atom. The summed E-state index contributed by atoms with van der Waals surface area (Å²) < 4.78 is 9.20. The first-order valence-electron chi connectivity index (χ1n) is 15.0. The SMILES string of the molecule is c1ccc(C2NC(c3ccccc3)NC(c3ccc4c(c3)oc3cc(-c5cccc6c5sc5ccccc56)ccc34)N2)cc1. The van der Waals surface area contributed by atoms with Crippen LogP contribution in [0.4, 0.5) is 0 Å². The summed E-state index contributed by atoms with van der Waals surface area (Å²) in [5.41, 5.74) is 7.75. The summed E-state index contributed by atoms with van der Waals surface area (Å²) in [4.78, 5) is 0. The van der Waals surface area contributed by atoms with Crippen LogP contribution in [0.1, 0.15) is 35.2 Å². The Labute approximate surface area is 259 Å². The van der Waals surface area contributed by atoms with Gasteiger partial charge in [-0.3, -0.25) is 16.0 Å². The number of rotatable bonds is 4. The van der Waals surface area contributed by atoms with Crippen LogP contribution < -0.4 is 16.0 Å². The van der Waals surface area contributed by atoms with E-state index in [9.17, 15) is 0 Å². The lowest BCUT2D eigenvalue weighted by Crippen LogP contribution is -2.54. The third-order valence-corrected chi connectivity index (χ3v) is 10.0. The Morgan fingerprint density at radius 1 is 0.455 bits per heavy atom. The van der Waals surface area contributed by atoms with Gasteiger partial charge in [-0.15, -0.1) is 11.3 Å². The summed E-state index contributed by atoms with van der Waals surface area (Å²) in [6.07, 6.45) is -0.109. The molecule has 1 fully saturated rings. The van der Waals surface area contributed by atoms with E-state index in [2.05, 4.69) is 155 Å². The number of fused-ring (bicyclic) bond motifs is 6. The van der Waals surface area contributed by atoms with E-state index in [0.29, 0.717) is 0 Å². The minimum atomic E-state index is -0.0783. The van der Waals surface area contributed by atoms with Gasteiger partial charge in [0.05, 0.1) is 18.5 Å². The fraction of sp³-hybridized carbons (Fsp3) is 0.0769. The average Bonchev–Trinajstić information content (AvgIpc) is 3.66. The molecule has 9 rings (SSSR count). The number of benzene rings is 6. The number of furan rings is 1. The molecule has 2 unspecified atom stereocenters. The van der Waals surface area contributed by atoms with Crippen LogP contribution in [0.25, 0.3) is 53.2 Å². The van der Waals surface area contributed by atoms with E-state index in [1.165, 1.54) is 42.4 Å². The van der Waals surface area contributed by atoms with Gasteiger partial charge in [0.15, 0.2) is 0 Å². The minimum Gasteiger partial charge on any atom is -0.456 e. The van der Waals surface area contributed by atoms with Crippen molar-refractivity contribution in [2.24, 2.45) is 0 Å². The van der Waals surface area contributed by atoms with Gasteiger partial charge in [-0.25, -0.2) is 0 Å². The molecule has 2 aromatic heterocycles. The normalized spacial score (nSPS) is 18.9. The molecule has 3 heterocycles. The van der Waals surface area contributed by atoms with Gasteiger partial charge in [-0.1, -0.05) is 115 Å². The Balaban J connectivity index is 1.10. The highest BCUT2D eigenvalue weighted by Crippen LogP contribution is 2.41. The molecule has 212 valence electrons. The molecule has 0 aliphatic carbocycles. The molecule has 6 aromatic carbocycles. The lowest BCUT2D eigenvalue weighted by molar-refractivity contribution is 0.203. The first kappa shape index (κ1) is 25.7. The molecular formula is C39H29N3OS. The fourth-order valence-electron chi connectivity index (χ4n) is 6.63. The molecule has 44 heavy (non-hydrogen) atoms. The molecule has 2 atom stereocenters. The van der Waals surface area contributed by atoms with Crippen molar-refractivity contribution in [3.8, 4) is 11.1 Å². The largest absolute Gasteiger partial charge is 0.456 e. The highest BCUT2D eigenvalue weighted by atomic mass is 32.1. The van der Waals surface area contributed by atoms with E-state index in [0.717, 1.165) is 27.5 Å². The quantitative estimate of drug-likeness (QED) is 0.192. The Morgan fingerprint density at radius 2 is 1.05 bits per heavy atom. The van der Waals surface area contributed by atoms with E-state index in [1.54, 1.807) is 0 Å². The topological polar surface area (TPSA) is 49.2 Å². The van der Waals surface area contributed by atoms with Crippen molar-refractivity contribution in [1.29, 1.82) is 0 Å². The van der Waals surface area contributed by atoms with Crippen LogP contribution in [-0.4, -0.2) is 0 Å². The number of hydrogen-bond donors (Lipinski definition) is 3. The van der Waals surface area contributed by atoms with Gasteiger partial charge < -0.3 is 4.42 Å². The summed E-state index contributed by atoms with van der Waals surface area (Å²) in [5, 5.41) is 16.2. The second-order valence-electron chi connectivity index (χ2n) is 11.5. The van der Waals surface area contributed by atoms with Crippen LogP contribution in [-0.2, 0) is 0 Å². The van der Waals surface area contributed by atoms with E-state index in [1.807, 2.05) is 11.3 Å². The highest BCUT2D eigenvalue weighted by molar-refractivity contribution is 7.26. The van der Waals surface area contributed by atoms with E-state index >= 15 is 0 Å². The number of thiophene rings is 1. The van der Waals surface area contributed by atoms with Crippen molar-refractivity contribution in [3.63, 3.8) is 0 Å². The molecule has 0 bridgehead atoms. The van der Waals surface area contributed by atoms with Gasteiger partial charge in [-0.2, -0.15) is 0 Å². The van der Waals surface area contributed by atoms with Gasteiger partial charge in [0.25, 0.3) is 0 Å². The summed E-state index contributed by atoms with van der Waals surface area (Å²) in [7, 11) is 0. The van der Waals surface area contributed by atoms with Crippen molar-refractivity contribution >= 4 is 53.4 Å². The predicted molar refractivity (Wildman–Crippen MR) is 183 cm³/mol. The van der Waals surface area contributed by atoms with Gasteiger partial charge in [-0.05, 0) is 52.1 Å². The second-order valence-corrected chi connectivity index (χ2v) is 12.5. The second kappa shape index (κ2) is 10.4. The Hall–Kier alpha value is -4.78. The Kier molecular flexibility index (Phi) is 6.10. The van der Waals surface area contributed by atoms with Crippen LogP contribution in [0, 0.1) is 0 Å². The van der Waals surface area contributed by atoms with E-state index < -0.39 is 0 Å². The van der Waals surface area contributed by atoms with Crippen LogP contribution >= 0.6 is 11.3 Å². The van der Waals surface area contributed by atoms with Gasteiger partial charge in [0.2, 0.25) is 0 Å². The molecule has 1 saturated heterocycles. The van der Waals surface area contributed by atoms with Gasteiger partial charge in [0, 0.05) is 30.9 Å². The molecule has 0 spiro atoms. The zero-order valence-electron chi connectivity index (χ0n) is 23.8. The molecule has 5 heteroatoms. The summed E-state index contributed by atoms with van der Waals surface area (Å²) in [6.45, 7) is 0. The van der Waals surface area contributed by atoms with Crippen molar-refractivity contribution in [2.45, 2.75) is 18.5 Å². The molecular weight excluding hydrogens is 559 g/mol. The first-order valence-corrected chi connectivity index (χ1v) is 15.8. The minimum absolute atomic E-state index is 0.0156. The molecule has 1 aliphatic heterocycles. The highest BCUT2D eigenvalue weighted by Gasteiger charge is 2.30. The summed E-state index contributed by atoms with van der Waals surface area (Å²) >= 11 is 1.86. The third-order valence-electron chi connectivity index (χ3n) is 8.81. The monoisotopic (exact) mass is 587 g/mol. The van der Waals surface area contributed by atoms with Crippen LogP contribution in [0.3, 0.4) is 0 Å². The molecule has 3 N–H and O–H groups in total. The molecule has 1 aliphatic rings. The van der Waals surface area contributed by atoms with Crippen LogP contribution in [0.2, 0.25) is 0 Å². The zero-order chi connectivity index (χ0) is 29.0. The van der Waals surface area contributed by atoms with E-state index in [-0.39, 0.29) is 18.5 Å². The number of hydrogen-bond acceptors (Lipinski definition) is 5. The lowest BCUT2D eigenvalue weighted by atomic mass is 10.0. The van der Waals surface area contributed by atoms with Crippen molar-refractivity contribution < 1.29 is 4.42 Å². The maximum absolute atomic E-state index is 6.57. The summed E-state index contributed by atoms with van der Waals surface area (Å²) in [6, 6.07) is 49.6. The fourth-order valence-corrected chi connectivity index (χ4v) is 7.87. The maximum atomic E-state index is 6.57. The van der Waals surface area contributed by atoms with Gasteiger partial charge >= 0.3 is 0 Å². The third kappa shape index (κ3) is 4.33. The lowest BCUT2D eigenvalue weighted by Gasteiger charge is -2.39. The summed E-state index contributed by atoms with van der Waals surface area (Å²) in [5.74, 6) is 0. The van der Waals surface area contributed by atoms with E-state index in [4.69, 9.17) is 4.42 Å². The average molecular weight is 588 g/mol. The van der Waals surface area contributed by atoms with Crippen molar-refractivity contribution in [2.75, 3.05) is 0 Å².